The molecule has 3 aromatic carbocycles. The highest BCUT2D eigenvalue weighted by molar-refractivity contribution is 6.32. The second kappa shape index (κ2) is 6.61. The van der Waals surface area contributed by atoms with Crippen molar-refractivity contribution in [1.82, 2.24) is 0 Å². The minimum Gasteiger partial charge on any atom is -0.0843 e. The Labute approximate surface area is 152 Å². The van der Waals surface area contributed by atoms with Gasteiger partial charge in [0.05, 0.1) is 0 Å². The zero-order chi connectivity index (χ0) is 16.4. The first-order valence-electron chi connectivity index (χ1n) is 7.28. The molecular weight excluding hydrogens is 345 g/mol. The van der Waals surface area contributed by atoms with Gasteiger partial charge in [-0.05, 0) is 53.1 Å². The van der Waals surface area contributed by atoms with Crippen molar-refractivity contribution in [3.05, 3.63) is 105 Å². The lowest BCUT2D eigenvalue weighted by atomic mass is 9.56. The maximum Gasteiger partial charge on any atom is 0.126 e. The summed E-state index contributed by atoms with van der Waals surface area (Å²) in [6, 6.07) is 23.7. The van der Waals surface area contributed by atoms with Gasteiger partial charge < -0.3 is 0 Å². The molecule has 0 heterocycles. The van der Waals surface area contributed by atoms with Crippen molar-refractivity contribution in [2.75, 3.05) is 0 Å². The number of benzene rings is 3. The third-order valence-electron chi connectivity index (χ3n) is 4.21. The van der Waals surface area contributed by atoms with Crippen molar-refractivity contribution in [2.24, 2.45) is 0 Å². The molecule has 0 unspecified atom stereocenters. The van der Waals surface area contributed by atoms with Gasteiger partial charge in [0.2, 0.25) is 0 Å². The van der Waals surface area contributed by atoms with E-state index in [1.165, 1.54) is 0 Å². The molecule has 0 saturated heterocycles. The topological polar surface area (TPSA) is 0 Å². The van der Waals surface area contributed by atoms with Crippen molar-refractivity contribution in [2.45, 2.75) is 5.31 Å². The smallest absolute Gasteiger partial charge is 0.0843 e. The lowest BCUT2D eigenvalue weighted by Gasteiger charge is -2.32. The molecule has 23 heavy (non-hydrogen) atoms. The van der Waals surface area contributed by atoms with E-state index in [4.69, 9.17) is 34.8 Å². The molecule has 0 N–H and O–H groups in total. The van der Waals surface area contributed by atoms with Crippen LogP contribution in [0.2, 0.25) is 15.1 Å². The minimum absolute atomic E-state index is 0.402. The van der Waals surface area contributed by atoms with E-state index in [0.717, 1.165) is 16.7 Å². The van der Waals surface area contributed by atoms with Gasteiger partial charge in [0.1, 0.15) is 7.85 Å². The predicted molar refractivity (Wildman–Crippen MR) is 103 cm³/mol. The predicted octanol–water partition coefficient (Wildman–Crippen LogP) is 5.57. The number of hydrogen-bond acceptors (Lipinski definition) is 0. The van der Waals surface area contributed by atoms with Gasteiger partial charge in [-0.2, -0.15) is 0 Å². The molecule has 0 spiro atoms. The van der Waals surface area contributed by atoms with Crippen LogP contribution >= 0.6 is 34.8 Å². The zero-order valence-electron chi connectivity index (χ0n) is 12.6. The summed E-state index contributed by atoms with van der Waals surface area (Å²) in [6.45, 7) is 0. The van der Waals surface area contributed by atoms with Crippen LogP contribution in [0.25, 0.3) is 0 Å². The second-order valence-corrected chi connectivity index (χ2v) is 6.97. The number of rotatable bonds is 3. The van der Waals surface area contributed by atoms with Crippen LogP contribution < -0.4 is 0 Å². The van der Waals surface area contributed by atoms with E-state index in [-0.39, 0.29) is 0 Å². The van der Waals surface area contributed by atoms with E-state index in [1.54, 1.807) is 0 Å². The first-order chi connectivity index (χ1) is 11.0. The maximum absolute atomic E-state index is 6.24. The summed E-state index contributed by atoms with van der Waals surface area (Å²) in [5, 5.41) is 1.72. The monoisotopic (exact) mass is 358 g/mol. The first-order valence-corrected chi connectivity index (χ1v) is 8.41. The summed E-state index contributed by atoms with van der Waals surface area (Å²) < 4.78 is 0. The summed E-state index contributed by atoms with van der Waals surface area (Å²) in [6.07, 6.45) is 0. The van der Waals surface area contributed by atoms with Gasteiger partial charge in [-0.1, -0.05) is 71.2 Å². The van der Waals surface area contributed by atoms with Crippen LogP contribution in [0.4, 0.5) is 0 Å². The highest BCUT2D eigenvalue weighted by Crippen LogP contribution is 2.38. The average Bonchev–Trinajstić information content (AvgIpc) is 2.54. The molecule has 0 radical (unpaired) electrons. The molecule has 0 bridgehead atoms. The molecule has 0 nitrogen and oxygen atoms in total. The third kappa shape index (κ3) is 3.28. The molecule has 4 heteroatoms. The summed E-state index contributed by atoms with van der Waals surface area (Å²) in [5.41, 5.74) is 3.28. The van der Waals surface area contributed by atoms with Gasteiger partial charge >= 0.3 is 0 Å². The lowest BCUT2D eigenvalue weighted by Crippen LogP contribution is -2.29. The van der Waals surface area contributed by atoms with E-state index in [2.05, 4.69) is 26.0 Å². The molecule has 3 rings (SSSR count). The maximum atomic E-state index is 6.24. The first kappa shape index (κ1) is 16.5. The van der Waals surface area contributed by atoms with Crippen molar-refractivity contribution < 1.29 is 0 Å². The average molecular weight is 359 g/mol. The van der Waals surface area contributed by atoms with Gasteiger partial charge in [-0.15, -0.1) is 0 Å². The molecule has 0 fully saturated rings. The standard InChI is InChI=1S/C19H14BCl3/c20-19(13-4-1-7-16(21)10-13,14-5-2-8-17(22)11-14)15-6-3-9-18(23)12-15/h1-12H,20H2. The van der Waals surface area contributed by atoms with Crippen LogP contribution in [-0.4, -0.2) is 7.85 Å². The van der Waals surface area contributed by atoms with Gasteiger partial charge in [-0.25, -0.2) is 0 Å². The van der Waals surface area contributed by atoms with E-state index in [9.17, 15) is 0 Å². The van der Waals surface area contributed by atoms with Crippen molar-refractivity contribution in [3.63, 3.8) is 0 Å². The normalized spacial score (nSPS) is 11.4. The van der Waals surface area contributed by atoms with Gasteiger partial charge in [-0.3, -0.25) is 0 Å². The fraction of sp³-hybridized carbons (Fsp3) is 0.0526. The highest BCUT2D eigenvalue weighted by atomic mass is 35.5. The fourth-order valence-corrected chi connectivity index (χ4v) is 3.47. The Morgan fingerprint density at radius 3 is 1.13 bits per heavy atom. The van der Waals surface area contributed by atoms with Gasteiger partial charge in [0, 0.05) is 20.4 Å². The molecule has 0 aliphatic carbocycles. The minimum atomic E-state index is -0.402. The Kier molecular flexibility index (Phi) is 4.73. The molecule has 0 atom stereocenters. The van der Waals surface area contributed by atoms with Crippen LogP contribution in [0.1, 0.15) is 16.7 Å². The second-order valence-electron chi connectivity index (χ2n) is 5.66. The van der Waals surface area contributed by atoms with Crippen LogP contribution in [0, 0.1) is 0 Å². The summed E-state index contributed by atoms with van der Waals surface area (Å²) >= 11 is 18.7. The van der Waals surface area contributed by atoms with Gasteiger partial charge in [0.25, 0.3) is 0 Å². The molecule has 0 aromatic heterocycles. The Hall–Kier alpha value is -1.41. The molecule has 0 saturated carbocycles. The Bertz CT molecular complexity index is 734. The Morgan fingerprint density at radius 2 is 0.870 bits per heavy atom. The molecule has 3 aromatic rings. The molecule has 0 aliphatic heterocycles. The van der Waals surface area contributed by atoms with Crippen molar-refractivity contribution in [1.29, 1.82) is 0 Å². The molecule has 114 valence electrons. The van der Waals surface area contributed by atoms with E-state index < -0.39 is 5.31 Å². The van der Waals surface area contributed by atoms with Crippen molar-refractivity contribution in [3.8, 4) is 0 Å². The van der Waals surface area contributed by atoms with Gasteiger partial charge in [0.15, 0.2) is 0 Å². The van der Waals surface area contributed by atoms with E-state index >= 15 is 0 Å². The summed E-state index contributed by atoms with van der Waals surface area (Å²) in [7, 11) is 2.16. The SMILES string of the molecule is BC(c1cccc(Cl)c1)(c1cccc(Cl)c1)c1cccc(Cl)c1. The number of halogens is 3. The van der Waals surface area contributed by atoms with Crippen LogP contribution in [0.15, 0.2) is 72.8 Å². The third-order valence-corrected chi connectivity index (χ3v) is 4.91. The summed E-state index contributed by atoms with van der Waals surface area (Å²) in [4.78, 5) is 0. The lowest BCUT2D eigenvalue weighted by molar-refractivity contribution is 0.878. The Morgan fingerprint density at radius 1 is 0.565 bits per heavy atom. The fourth-order valence-electron chi connectivity index (χ4n) is 2.90. The molecular formula is C19H14BCl3. The number of hydrogen-bond donors (Lipinski definition) is 0. The quantitative estimate of drug-likeness (QED) is 0.423. The summed E-state index contributed by atoms with van der Waals surface area (Å²) in [5.74, 6) is 0. The van der Waals surface area contributed by atoms with Crippen LogP contribution in [0.3, 0.4) is 0 Å². The molecule has 0 amide bonds. The van der Waals surface area contributed by atoms with Crippen LogP contribution in [0.5, 0.6) is 0 Å². The van der Waals surface area contributed by atoms with E-state index in [1.807, 2.05) is 54.6 Å². The zero-order valence-corrected chi connectivity index (χ0v) is 14.8. The van der Waals surface area contributed by atoms with E-state index in [0.29, 0.717) is 15.1 Å². The molecule has 0 aliphatic rings. The van der Waals surface area contributed by atoms with Crippen molar-refractivity contribution >= 4 is 42.6 Å². The largest absolute Gasteiger partial charge is 0.126 e. The highest BCUT2D eigenvalue weighted by Gasteiger charge is 2.31. The van der Waals surface area contributed by atoms with Crippen LogP contribution in [-0.2, 0) is 5.31 Å². The Balaban J connectivity index is 2.29.